The second-order valence-electron chi connectivity index (χ2n) is 5.95. The Balaban J connectivity index is 2.09. The Hall–Kier alpha value is -1.65. The predicted molar refractivity (Wildman–Crippen MR) is 103 cm³/mol. The zero-order valence-corrected chi connectivity index (χ0v) is 16.4. The van der Waals surface area contributed by atoms with Crippen molar-refractivity contribution in [3.63, 3.8) is 0 Å². The van der Waals surface area contributed by atoms with Crippen LogP contribution in [-0.2, 0) is 11.2 Å². The van der Waals surface area contributed by atoms with Crippen molar-refractivity contribution in [1.82, 2.24) is 0 Å². The van der Waals surface area contributed by atoms with E-state index in [0.29, 0.717) is 6.42 Å². The Morgan fingerprint density at radius 3 is 2.48 bits per heavy atom. The summed E-state index contributed by atoms with van der Waals surface area (Å²) in [4.78, 5) is 0.782. The fraction of sp³-hybridized carbons (Fsp3) is 0.150. The molecule has 1 unspecified atom stereocenters. The van der Waals surface area contributed by atoms with Gasteiger partial charge in [0.2, 0.25) is 0 Å². The van der Waals surface area contributed by atoms with Gasteiger partial charge in [-0.1, -0.05) is 0 Å². The summed E-state index contributed by atoms with van der Waals surface area (Å²) in [5.41, 5.74) is 5.71. The molecule has 0 saturated carbocycles. The molecule has 0 amide bonds. The molecule has 128 valence electrons. The third-order valence-corrected chi connectivity index (χ3v) is 5.54. The molecular weight excluding hydrogens is 402 g/mol. The van der Waals surface area contributed by atoms with Gasteiger partial charge in [0.05, 0.1) is 0 Å². The quantitative estimate of drug-likeness (QED) is 0.603. The molecule has 0 aliphatic heterocycles. The van der Waals surface area contributed by atoms with Crippen molar-refractivity contribution in [2.45, 2.75) is 18.2 Å². The number of aliphatic hydroxyl groups is 1. The van der Waals surface area contributed by atoms with Gasteiger partial charge in [0.1, 0.15) is 0 Å². The van der Waals surface area contributed by atoms with Gasteiger partial charge in [-0.2, -0.15) is 0 Å². The van der Waals surface area contributed by atoms with Gasteiger partial charge in [-0.3, -0.25) is 0 Å². The molecule has 1 aliphatic rings. The molecule has 5 heteroatoms. The van der Waals surface area contributed by atoms with Gasteiger partial charge in [0.25, 0.3) is 0 Å². The number of halogens is 1. The van der Waals surface area contributed by atoms with Crippen LogP contribution < -0.4 is 0 Å². The van der Waals surface area contributed by atoms with Crippen LogP contribution in [0.2, 0.25) is 0 Å². The van der Waals surface area contributed by atoms with Crippen LogP contribution >= 0.6 is 0 Å². The molecule has 1 N–H and O–H groups in total. The van der Waals surface area contributed by atoms with Gasteiger partial charge < -0.3 is 0 Å². The molecule has 2 aromatic carbocycles. The summed E-state index contributed by atoms with van der Waals surface area (Å²) in [7, 11) is 0. The molecule has 1 atom stereocenters. The number of allylic oxidation sites excluding steroid dienone is 2. The van der Waals surface area contributed by atoms with Crippen LogP contribution in [0.15, 0.2) is 52.9 Å². The van der Waals surface area contributed by atoms with Crippen LogP contribution in [-0.4, -0.2) is 36.1 Å². The fourth-order valence-corrected chi connectivity index (χ4v) is 3.88. The Morgan fingerprint density at radius 1 is 1.20 bits per heavy atom. The van der Waals surface area contributed by atoms with E-state index in [2.05, 4.69) is 15.6 Å². The number of benzene rings is 2. The average Bonchev–Trinajstić information content (AvgIpc) is 2.80. The summed E-state index contributed by atoms with van der Waals surface area (Å²) >= 11 is 1.60. The van der Waals surface area contributed by atoms with Gasteiger partial charge in [-0.05, 0) is 0 Å². The van der Waals surface area contributed by atoms with Gasteiger partial charge in [0.15, 0.2) is 0 Å². The van der Waals surface area contributed by atoms with Crippen molar-refractivity contribution in [2.24, 2.45) is 0 Å². The molecular formula is C20H17FO2SSe. The van der Waals surface area contributed by atoms with E-state index in [9.17, 15) is 14.0 Å². The zero-order valence-electron chi connectivity index (χ0n) is 13.9. The van der Waals surface area contributed by atoms with Crippen molar-refractivity contribution in [1.29, 1.82) is 0 Å². The number of rotatable bonds is 4. The maximum absolute atomic E-state index is 13.7. The van der Waals surface area contributed by atoms with E-state index < -0.39 is 11.2 Å². The van der Waals surface area contributed by atoms with Crippen molar-refractivity contribution < 1.29 is 14.0 Å². The molecule has 0 heterocycles. The second-order valence-corrected chi connectivity index (χ2v) is 8.31. The van der Waals surface area contributed by atoms with E-state index in [1.807, 2.05) is 37.3 Å². The van der Waals surface area contributed by atoms with Crippen LogP contribution in [0.1, 0.15) is 30.0 Å². The second kappa shape index (κ2) is 7.30. The van der Waals surface area contributed by atoms with Crippen molar-refractivity contribution in [3.05, 3.63) is 70.5 Å². The van der Waals surface area contributed by atoms with Gasteiger partial charge in [-0.25, -0.2) is 0 Å². The van der Waals surface area contributed by atoms with Crippen molar-refractivity contribution in [3.8, 4) is 0 Å². The molecule has 0 fully saturated rings. The van der Waals surface area contributed by atoms with Crippen molar-refractivity contribution in [2.75, 3.05) is 6.26 Å². The Labute approximate surface area is 157 Å². The van der Waals surface area contributed by atoms with Crippen LogP contribution in [0.25, 0.3) is 17.2 Å². The van der Waals surface area contributed by atoms with E-state index in [1.54, 1.807) is 12.3 Å². The number of hydrogen-bond donors (Lipinski definition) is 1. The molecule has 25 heavy (non-hydrogen) atoms. The molecule has 0 spiro atoms. The first kappa shape index (κ1) is 18.1. The number of aliphatic hydroxyl groups excluding tert-OH is 1. The summed E-state index contributed by atoms with van der Waals surface area (Å²) in [5, 5.41) is 9.67. The summed E-state index contributed by atoms with van der Waals surface area (Å²) in [5.74, 6) is -0.292. The summed E-state index contributed by atoms with van der Waals surface area (Å²) < 4.78 is 25.4. The monoisotopic (exact) mass is 420 g/mol. The normalized spacial score (nSPS) is 16.2. The van der Waals surface area contributed by atoms with Crippen molar-refractivity contribution >= 4 is 48.6 Å². The van der Waals surface area contributed by atoms with Gasteiger partial charge in [0, 0.05) is 0 Å². The summed E-state index contributed by atoms with van der Waals surface area (Å²) in [6, 6.07) is 12.3. The van der Waals surface area contributed by atoms with Crippen LogP contribution in [0, 0.1) is 5.82 Å². The fourth-order valence-electron chi connectivity index (χ4n) is 3.05. The molecule has 0 bridgehead atoms. The molecule has 2 aromatic rings. The minimum atomic E-state index is -1.01. The van der Waals surface area contributed by atoms with E-state index in [0.717, 1.165) is 38.3 Å². The van der Waals surface area contributed by atoms with Crippen LogP contribution in [0.5, 0.6) is 0 Å². The van der Waals surface area contributed by atoms with Crippen LogP contribution in [0.3, 0.4) is 0 Å². The number of hydrogen-bond acceptors (Lipinski definition) is 2. The summed E-state index contributed by atoms with van der Waals surface area (Å²) in [6.45, 7) is 1.98. The molecule has 0 aromatic heterocycles. The van der Waals surface area contributed by atoms with E-state index >= 15 is 0 Å². The van der Waals surface area contributed by atoms with Gasteiger partial charge >= 0.3 is 158 Å². The summed E-state index contributed by atoms with van der Waals surface area (Å²) in [6.07, 6.45) is 4.05. The number of fused-ring (bicyclic) bond motifs is 1. The van der Waals surface area contributed by atoms with Gasteiger partial charge in [-0.15, -0.1) is 0 Å². The van der Waals surface area contributed by atoms with E-state index in [-0.39, 0.29) is 10.4 Å². The standard InChI is InChI=1S/C20H17FO2SSe/c1-12-17(9-13-3-6-15(7-4-13)24(2)23)16-8-5-14(21)10-19(16)18(12)11-20(22)25/h3-10H,11H2,1-2H3,(H,22,25)/b17-9-. The third kappa shape index (κ3) is 3.80. The SMILES string of the molecule is CC1=C(CC(O)=[Se])c2cc(F)ccc2/C1=C\c1ccc([S+](C)[O-])cc1. The minimum absolute atomic E-state index is 0.181. The predicted octanol–water partition coefficient (Wildman–Crippen LogP) is 3.95. The zero-order chi connectivity index (χ0) is 18.1. The first-order valence-corrected chi connectivity index (χ1v) is 10.2. The van der Waals surface area contributed by atoms with Crippen LogP contribution in [0.4, 0.5) is 4.39 Å². The Morgan fingerprint density at radius 2 is 1.88 bits per heavy atom. The maximum atomic E-state index is 13.7. The Kier molecular flexibility index (Phi) is 5.30. The average molecular weight is 419 g/mol. The Bertz CT molecular complexity index is 898. The molecule has 1 aliphatic carbocycles. The molecule has 3 rings (SSSR count). The first-order valence-electron chi connectivity index (χ1n) is 7.74. The molecule has 2 nitrogen and oxygen atoms in total. The third-order valence-electron chi connectivity index (χ3n) is 4.30. The topological polar surface area (TPSA) is 43.3 Å². The molecule has 0 radical (unpaired) electrons. The first-order chi connectivity index (χ1) is 11.9. The van der Waals surface area contributed by atoms with E-state index in [4.69, 9.17) is 0 Å². The van der Waals surface area contributed by atoms with E-state index in [1.165, 1.54) is 12.1 Å². The molecule has 0 saturated heterocycles.